The molecule has 2 N–H and O–H groups in total. The number of amides is 1. The van der Waals surface area contributed by atoms with E-state index >= 15 is 0 Å². The molecular formula is C22H19FN4O. The van der Waals surface area contributed by atoms with Gasteiger partial charge in [-0.15, -0.1) is 0 Å². The van der Waals surface area contributed by atoms with Crippen LogP contribution in [-0.2, 0) is 11.2 Å². The van der Waals surface area contributed by atoms with E-state index in [-0.39, 0.29) is 11.7 Å². The van der Waals surface area contributed by atoms with Crippen molar-refractivity contribution in [1.82, 2.24) is 4.98 Å². The summed E-state index contributed by atoms with van der Waals surface area (Å²) in [6, 6.07) is 16.0. The number of hydrogen-bond acceptors (Lipinski definition) is 4. The van der Waals surface area contributed by atoms with Crippen LogP contribution in [0.1, 0.15) is 17.0 Å². The van der Waals surface area contributed by atoms with Gasteiger partial charge in [0.1, 0.15) is 11.7 Å². The zero-order chi connectivity index (χ0) is 19.3. The molecular weight excluding hydrogens is 355 g/mol. The minimum absolute atomic E-state index is 0.196. The number of carbonyl (C=O) groups is 1. The number of rotatable bonds is 6. The van der Waals surface area contributed by atoms with E-state index in [2.05, 4.69) is 26.7 Å². The van der Waals surface area contributed by atoms with Gasteiger partial charge in [-0.1, -0.05) is 12.1 Å². The van der Waals surface area contributed by atoms with E-state index in [4.69, 9.17) is 0 Å². The Morgan fingerprint density at radius 1 is 1.18 bits per heavy atom. The highest BCUT2D eigenvalue weighted by atomic mass is 19.1. The molecule has 0 bridgehead atoms. The van der Waals surface area contributed by atoms with Crippen molar-refractivity contribution in [1.29, 1.82) is 0 Å². The summed E-state index contributed by atoms with van der Waals surface area (Å²) in [4.78, 5) is 20.6. The molecule has 6 heteroatoms. The van der Waals surface area contributed by atoms with Crippen molar-refractivity contribution in [3.8, 4) is 0 Å². The Kier molecular flexibility index (Phi) is 5.10. The largest absolute Gasteiger partial charge is 0.385 e. The normalized spacial score (nSPS) is 15.5. The lowest BCUT2D eigenvalue weighted by molar-refractivity contribution is -0.115. The SMILES string of the molecule is O=C1Nc2cc(F)ccc2C1C=Nc1ccc(NCCc2cccnc2)cc1. The number of benzene rings is 2. The molecule has 1 aliphatic rings. The van der Waals surface area contributed by atoms with E-state index in [0.29, 0.717) is 5.69 Å². The van der Waals surface area contributed by atoms with E-state index in [1.807, 2.05) is 36.5 Å². The van der Waals surface area contributed by atoms with Crippen LogP contribution in [0.15, 0.2) is 72.0 Å². The van der Waals surface area contributed by atoms with Gasteiger partial charge in [0, 0.05) is 36.5 Å². The first kappa shape index (κ1) is 17.9. The van der Waals surface area contributed by atoms with Crippen LogP contribution in [0.4, 0.5) is 21.5 Å². The lowest BCUT2D eigenvalue weighted by atomic mass is 10.0. The predicted molar refractivity (Wildman–Crippen MR) is 109 cm³/mol. The molecule has 1 aromatic heterocycles. The summed E-state index contributed by atoms with van der Waals surface area (Å²) in [6.07, 6.45) is 6.13. The number of nitrogens with one attached hydrogen (secondary N) is 2. The summed E-state index contributed by atoms with van der Waals surface area (Å²) in [7, 11) is 0. The molecule has 3 aromatic rings. The van der Waals surface area contributed by atoms with Gasteiger partial charge in [0.25, 0.3) is 0 Å². The highest BCUT2D eigenvalue weighted by Gasteiger charge is 2.29. The van der Waals surface area contributed by atoms with E-state index < -0.39 is 5.92 Å². The molecule has 28 heavy (non-hydrogen) atoms. The third-order valence-corrected chi connectivity index (χ3v) is 4.60. The minimum atomic E-state index is -0.507. The average molecular weight is 374 g/mol. The number of halogens is 1. The van der Waals surface area contributed by atoms with E-state index in [0.717, 1.165) is 29.9 Å². The van der Waals surface area contributed by atoms with Crippen molar-refractivity contribution in [2.45, 2.75) is 12.3 Å². The van der Waals surface area contributed by atoms with Crippen LogP contribution in [-0.4, -0.2) is 23.7 Å². The third-order valence-electron chi connectivity index (χ3n) is 4.60. The summed E-state index contributed by atoms with van der Waals surface area (Å²) in [6.45, 7) is 0.809. The zero-order valence-corrected chi connectivity index (χ0v) is 15.1. The molecule has 1 aliphatic heterocycles. The first-order valence-corrected chi connectivity index (χ1v) is 9.06. The van der Waals surface area contributed by atoms with Gasteiger partial charge in [-0.05, 0) is 60.0 Å². The summed E-state index contributed by atoms with van der Waals surface area (Å²) < 4.78 is 13.3. The molecule has 2 aromatic carbocycles. The van der Waals surface area contributed by atoms with Gasteiger partial charge in [0.05, 0.1) is 5.69 Å². The van der Waals surface area contributed by atoms with Crippen molar-refractivity contribution < 1.29 is 9.18 Å². The van der Waals surface area contributed by atoms with E-state index in [1.54, 1.807) is 18.5 Å². The Morgan fingerprint density at radius 3 is 2.82 bits per heavy atom. The van der Waals surface area contributed by atoms with Crippen molar-refractivity contribution in [2.24, 2.45) is 4.99 Å². The topological polar surface area (TPSA) is 66.4 Å². The lowest BCUT2D eigenvalue weighted by Gasteiger charge is -2.07. The van der Waals surface area contributed by atoms with Crippen molar-refractivity contribution in [2.75, 3.05) is 17.2 Å². The van der Waals surface area contributed by atoms with Gasteiger partial charge in [-0.25, -0.2) is 4.39 Å². The molecule has 140 valence electrons. The Morgan fingerprint density at radius 2 is 2.04 bits per heavy atom. The summed E-state index contributed by atoms with van der Waals surface area (Å²) in [5.74, 6) is -1.07. The monoisotopic (exact) mass is 374 g/mol. The smallest absolute Gasteiger partial charge is 0.237 e. The Balaban J connectivity index is 1.36. The molecule has 0 aliphatic carbocycles. The first-order valence-electron chi connectivity index (χ1n) is 9.06. The second kappa shape index (κ2) is 8.00. The second-order valence-electron chi connectivity index (χ2n) is 6.56. The molecule has 0 saturated carbocycles. The third kappa shape index (κ3) is 4.06. The average Bonchev–Trinajstić information content (AvgIpc) is 3.02. The Hall–Kier alpha value is -3.54. The van der Waals surface area contributed by atoms with Crippen LogP contribution in [0.25, 0.3) is 0 Å². The summed E-state index contributed by atoms with van der Waals surface area (Å²) in [5, 5.41) is 6.05. The Bertz CT molecular complexity index is 1000. The Labute approximate surface area is 162 Å². The number of aromatic nitrogens is 1. The van der Waals surface area contributed by atoms with Gasteiger partial charge >= 0.3 is 0 Å². The second-order valence-corrected chi connectivity index (χ2v) is 6.56. The molecule has 0 spiro atoms. The van der Waals surface area contributed by atoms with Crippen molar-refractivity contribution >= 4 is 29.2 Å². The number of hydrogen-bond donors (Lipinski definition) is 2. The van der Waals surface area contributed by atoms with Crippen LogP contribution in [0.2, 0.25) is 0 Å². The fraction of sp³-hybridized carbons (Fsp3) is 0.136. The number of pyridine rings is 1. The quantitative estimate of drug-likeness (QED) is 0.632. The fourth-order valence-corrected chi connectivity index (χ4v) is 3.13. The maximum atomic E-state index is 13.3. The maximum Gasteiger partial charge on any atom is 0.237 e. The van der Waals surface area contributed by atoms with Crippen molar-refractivity contribution in [3.05, 3.63) is 83.9 Å². The number of nitrogens with zero attached hydrogens (tertiary/aromatic N) is 2. The number of aliphatic imine (C=N–C) groups is 1. The summed E-state index contributed by atoms with van der Waals surface area (Å²) in [5.41, 5.74) is 4.19. The van der Waals surface area contributed by atoms with Gasteiger partial charge in [-0.3, -0.25) is 14.8 Å². The number of anilines is 2. The maximum absolute atomic E-state index is 13.3. The zero-order valence-electron chi connectivity index (χ0n) is 15.1. The molecule has 5 nitrogen and oxygen atoms in total. The van der Waals surface area contributed by atoms with E-state index in [1.165, 1.54) is 17.7 Å². The van der Waals surface area contributed by atoms with Crippen LogP contribution < -0.4 is 10.6 Å². The van der Waals surface area contributed by atoms with Gasteiger partial charge in [0.2, 0.25) is 5.91 Å². The molecule has 0 saturated heterocycles. The molecule has 0 fully saturated rings. The van der Waals surface area contributed by atoms with Crippen LogP contribution in [0.5, 0.6) is 0 Å². The standard InChI is InChI=1S/C22H19FN4O/c23-16-3-8-19-20(22(28)27-21(19)12-16)14-26-18-6-4-17(5-7-18)25-11-9-15-2-1-10-24-13-15/h1-8,10,12-14,20,25H,9,11H2,(H,27,28). The first-order chi connectivity index (χ1) is 13.7. The molecule has 4 rings (SSSR count). The highest BCUT2D eigenvalue weighted by Crippen LogP contribution is 2.32. The highest BCUT2D eigenvalue weighted by molar-refractivity contribution is 6.12. The molecule has 0 radical (unpaired) electrons. The molecule has 1 atom stereocenters. The minimum Gasteiger partial charge on any atom is -0.385 e. The van der Waals surface area contributed by atoms with Crippen molar-refractivity contribution in [3.63, 3.8) is 0 Å². The number of carbonyl (C=O) groups excluding carboxylic acids is 1. The van der Waals surface area contributed by atoms with Crippen LogP contribution >= 0.6 is 0 Å². The lowest BCUT2D eigenvalue weighted by Crippen LogP contribution is -2.12. The van der Waals surface area contributed by atoms with Gasteiger partial charge < -0.3 is 10.6 Å². The predicted octanol–water partition coefficient (Wildman–Crippen LogP) is 4.31. The molecule has 1 amide bonds. The van der Waals surface area contributed by atoms with Gasteiger partial charge in [-0.2, -0.15) is 0 Å². The molecule has 1 unspecified atom stereocenters. The van der Waals surface area contributed by atoms with Crippen LogP contribution in [0.3, 0.4) is 0 Å². The summed E-state index contributed by atoms with van der Waals surface area (Å²) >= 11 is 0. The molecule has 2 heterocycles. The van der Waals surface area contributed by atoms with E-state index in [9.17, 15) is 9.18 Å². The van der Waals surface area contributed by atoms with Gasteiger partial charge in [0.15, 0.2) is 0 Å². The van der Waals surface area contributed by atoms with Crippen LogP contribution in [0, 0.1) is 5.82 Å². The fourth-order valence-electron chi connectivity index (χ4n) is 3.13. The number of fused-ring (bicyclic) bond motifs is 1.